The van der Waals surface area contributed by atoms with E-state index >= 15 is 0 Å². The van der Waals surface area contributed by atoms with Gasteiger partial charge in [0.1, 0.15) is 0 Å². The van der Waals surface area contributed by atoms with E-state index in [1.165, 1.54) is 16.4 Å². The van der Waals surface area contributed by atoms with Crippen LogP contribution in [-0.2, 0) is 29.1 Å². The predicted octanol–water partition coefficient (Wildman–Crippen LogP) is 3.88. The first-order chi connectivity index (χ1) is 18.4. The summed E-state index contributed by atoms with van der Waals surface area (Å²) in [5, 5.41) is 2.61. The van der Waals surface area contributed by atoms with Gasteiger partial charge in [-0.25, -0.2) is 8.42 Å². The van der Waals surface area contributed by atoms with Crippen LogP contribution in [0.3, 0.4) is 0 Å². The van der Waals surface area contributed by atoms with E-state index in [2.05, 4.69) is 10.2 Å². The number of anilines is 3. The second kappa shape index (κ2) is 11.6. The van der Waals surface area contributed by atoms with Gasteiger partial charge in [0.15, 0.2) is 6.61 Å². The number of sulfonamides is 1. The highest BCUT2D eigenvalue weighted by Crippen LogP contribution is 2.47. The molecule has 5 rings (SSSR count). The number of hydrogen-bond donors (Lipinski definition) is 1. The van der Waals surface area contributed by atoms with Crippen LogP contribution in [0.2, 0.25) is 0 Å². The van der Waals surface area contributed by atoms with Crippen LogP contribution in [0.4, 0.5) is 17.1 Å². The number of hydrogen-bond acceptors (Lipinski definition) is 8. The summed E-state index contributed by atoms with van der Waals surface area (Å²) in [6.45, 7) is 1.18. The molecule has 0 aliphatic carbocycles. The molecule has 1 amide bonds. The Balaban J connectivity index is 1.16. The molecule has 38 heavy (non-hydrogen) atoms. The standard InChI is InChI=1S/C27H27N3O6S2/c31-26(28-20-6-5-7-21(18-20)38(33,34)29-14-16-35-17-15-29)19-36-27(32)12-13-30-22-8-1-3-10-24(22)37-25-11-4-2-9-23(25)30/h1-11,18H,12-17,19H2,(H,28,31). The molecule has 2 heterocycles. The minimum Gasteiger partial charge on any atom is -0.456 e. The van der Waals surface area contributed by atoms with Crippen LogP contribution in [-0.4, -0.2) is 64.1 Å². The molecule has 0 spiro atoms. The van der Waals surface area contributed by atoms with Gasteiger partial charge >= 0.3 is 5.97 Å². The van der Waals surface area contributed by atoms with Gasteiger partial charge in [-0.05, 0) is 42.5 Å². The molecule has 11 heteroatoms. The Bertz CT molecular complexity index is 1390. The molecule has 1 saturated heterocycles. The molecule has 0 atom stereocenters. The van der Waals surface area contributed by atoms with Crippen molar-refractivity contribution in [3.63, 3.8) is 0 Å². The number of morpholine rings is 1. The van der Waals surface area contributed by atoms with Gasteiger partial charge in [-0.3, -0.25) is 9.59 Å². The van der Waals surface area contributed by atoms with Crippen LogP contribution in [0.1, 0.15) is 6.42 Å². The van der Waals surface area contributed by atoms with Crippen molar-refractivity contribution < 1.29 is 27.5 Å². The Labute approximate surface area is 225 Å². The minimum absolute atomic E-state index is 0.0782. The summed E-state index contributed by atoms with van der Waals surface area (Å²) in [4.78, 5) is 29.3. The van der Waals surface area contributed by atoms with Gasteiger partial charge in [0, 0.05) is 35.1 Å². The summed E-state index contributed by atoms with van der Waals surface area (Å²) in [5.41, 5.74) is 2.35. The Morgan fingerprint density at radius 1 is 0.921 bits per heavy atom. The highest BCUT2D eigenvalue weighted by molar-refractivity contribution is 7.99. The molecule has 3 aromatic carbocycles. The average Bonchev–Trinajstić information content (AvgIpc) is 2.94. The molecular formula is C27H27N3O6S2. The first-order valence-electron chi connectivity index (χ1n) is 12.2. The van der Waals surface area contributed by atoms with E-state index in [-0.39, 0.29) is 24.4 Å². The molecule has 9 nitrogen and oxygen atoms in total. The van der Waals surface area contributed by atoms with E-state index < -0.39 is 28.5 Å². The summed E-state index contributed by atoms with van der Waals surface area (Å²) in [6.07, 6.45) is 0.0912. The SMILES string of the molecule is O=C(COC(=O)CCN1c2ccccc2Sc2ccccc21)Nc1cccc(S(=O)(=O)N2CCOCC2)c1. The van der Waals surface area contributed by atoms with Gasteiger partial charge in [-0.15, -0.1) is 0 Å². The zero-order chi connectivity index (χ0) is 26.5. The van der Waals surface area contributed by atoms with E-state index in [1.807, 2.05) is 48.5 Å². The number of carbonyl (C=O) groups is 2. The third kappa shape index (κ3) is 5.86. The quantitative estimate of drug-likeness (QED) is 0.419. The molecule has 0 bridgehead atoms. The minimum atomic E-state index is -3.70. The highest BCUT2D eigenvalue weighted by Gasteiger charge is 2.27. The van der Waals surface area contributed by atoms with Gasteiger partial charge in [0.25, 0.3) is 5.91 Å². The Kier molecular flexibility index (Phi) is 7.98. The van der Waals surface area contributed by atoms with Crippen molar-refractivity contribution in [2.24, 2.45) is 0 Å². The third-order valence-electron chi connectivity index (χ3n) is 6.16. The predicted molar refractivity (Wildman–Crippen MR) is 144 cm³/mol. The number of nitrogens with zero attached hydrogens (tertiary/aromatic N) is 2. The number of esters is 1. The van der Waals surface area contributed by atoms with E-state index in [9.17, 15) is 18.0 Å². The second-order valence-corrected chi connectivity index (χ2v) is 11.7. The zero-order valence-electron chi connectivity index (χ0n) is 20.5. The number of nitrogens with one attached hydrogen (secondary N) is 1. The molecule has 0 saturated carbocycles. The average molecular weight is 554 g/mol. The van der Waals surface area contributed by atoms with E-state index in [4.69, 9.17) is 9.47 Å². The molecule has 0 aromatic heterocycles. The van der Waals surface area contributed by atoms with Crippen LogP contribution < -0.4 is 10.2 Å². The van der Waals surface area contributed by atoms with Crippen molar-refractivity contribution in [2.45, 2.75) is 21.1 Å². The van der Waals surface area contributed by atoms with Crippen LogP contribution >= 0.6 is 11.8 Å². The number of rotatable bonds is 8. The van der Waals surface area contributed by atoms with Gasteiger partial charge in [-0.2, -0.15) is 4.31 Å². The summed E-state index contributed by atoms with van der Waals surface area (Å²) in [7, 11) is -3.70. The zero-order valence-corrected chi connectivity index (χ0v) is 22.2. The smallest absolute Gasteiger partial charge is 0.308 e. The lowest BCUT2D eigenvalue weighted by atomic mass is 10.2. The number of fused-ring (bicyclic) bond motifs is 2. The lowest BCUT2D eigenvalue weighted by Crippen LogP contribution is -2.40. The highest BCUT2D eigenvalue weighted by atomic mass is 32.2. The number of carbonyl (C=O) groups excluding carboxylic acids is 2. The van der Waals surface area contributed by atoms with Gasteiger partial charge in [0.05, 0.1) is 35.9 Å². The van der Waals surface area contributed by atoms with E-state index in [0.717, 1.165) is 21.2 Å². The van der Waals surface area contributed by atoms with Crippen molar-refractivity contribution in [3.05, 3.63) is 72.8 Å². The van der Waals surface area contributed by atoms with Gasteiger partial charge < -0.3 is 19.7 Å². The first kappa shape index (κ1) is 26.2. The molecule has 1 fully saturated rings. The molecule has 0 unspecified atom stereocenters. The normalized spacial score (nSPS) is 15.3. The van der Waals surface area contributed by atoms with Crippen molar-refractivity contribution in [3.8, 4) is 0 Å². The maximum absolute atomic E-state index is 12.9. The molecular weight excluding hydrogens is 526 g/mol. The van der Waals surface area contributed by atoms with Gasteiger partial charge in [0.2, 0.25) is 10.0 Å². The van der Waals surface area contributed by atoms with Gasteiger partial charge in [-0.1, -0.05) is 42.1 Å². The topological polar surface area (TPSA) is 105 Å². The molecule has 2 aliphatic heterocycles. The summed E-state index contributed by atoms with van der Waals surface area (Å²) < 4.78 is 37.6. The molecule has 1 N–H and O–H groups in total. The fraction of sp³-hybridized carbons (Fsp3) is 0.259. The fourth-order valence-corrected chi connectivity index (χ4v) is 6.86. The van der Waals surface area contributed by atoms with Crippen LogP contribution in [0.15, 0.2) is 87.5 Å². The Hall–Kier alpha value is -3.38. The molecule has 3 aromatic rings. The number of benzene rings is 3. The summed E-state index contributed by atoms with van der Waals surface area (Å²) in [5.74, 6) is -1.05. The van der Waals surface area contributed by atoms with Crippen LogP contribution in [0.5, 0.6) is 0 Å². The van der Waals surface area contributed by atoms with Crippen molar-refractivity contribution in [1.82, 2.24) is 4.31 Å². The third-order valence-corrected chi connectivity index (χ3v) is 9.19. The summed E-state index contributed by atoms with van der Waals surface area (Å²) in [6, 6.07) is 22.0. The lowest BCUT2D eigenvalue weighted by molar-refractivity contribution is -0.147. The summed E-state index contributed by atoms with van der Waals surface area (Å²) >= 11 is 1.69. The number of ether oxygens (including phenoxy) is 2. The van der Waals surface area contributed by atoms with Crippen LogP contribution in [0, 0.1) is 0 Å². The molecule has 198 valence electrons. The maximum Gasteiger partial charge on any atom is 0.308 e. The molecule has 0 radical (unpaired) electrons. The molecule has 2 aliphatic rings. The van der Waals surface area contributed by atoms with Crippen LogP contribution in [0.25, 0.3) is 0 Å². The Morgan fingerprint density at radius 2 is 1.58 bits per heavy atom. The fourth-order valence-electron chi connectivity index (χ4n) is 4.31. The lowest BCUT2D eigenvalue weighted by Gasteiger charge is -2.32. The van der Waals surface area contributed by atoms with E-state index in [1.54, 1.807) is 23.9 Å². The monoisotopic (exact) mass is 553 g/mol. The maximum atomic E-state index is 12.9. The van der Waals surface area contributed by atoms with Crippen molar-refractivity contribution in [1.29, 1.82) is 0 Å². The first-order valence-corrected chi connectivity index (χ1v) is 14.4. The number of amides is 1. The van der Waals surface area contributed by atoms with Crippen molar-refractivity contribution in [2.75, 3.05) is 49.7 Å². The second-order valence-electron chi connectivity index (χ2n) is 8.69. The van der Waals surface area contributed by atoms with E-state index in [0.29, 0.717) is 25.4 Å². The largest absolute Gasteiger partial charge is 0.456 e. The van der Waals surface area contributed by atoms with Crippen molar-refractivity contribution >= 4 is 50.7 Å². The Morgan fingerprint density at radius 3 is 2.26 bits per heavy atom. The number of para-hydroxylation sites is 2.